The van der Waals surface area contributed by atoms with Crippen molar-refractivity contribution in [3.8, 4) is 0 Å². The van der Waals surface area contributed by atoms with Gasteiger partial charge in [0.15, 0.2) is 0 Å². The van der Waals surface area contributed by atoms with Crippen molar-refractivity contribution in [3.63, 3.8) is 0 Å². The molecule has 3 rings (SSSR count). The molecule has 0 aliphatic carbocycles. The lowest BCUT2D eigenvalue weighted by atomic mass is 9.83. The Morgan fingerprint density at radius 2 is 2.04 bits per heavy atom. The van der Waals surface area contributed by atoms with Gasteiger partial charge in [0.25, 0.3) is 0 Å². The number of halogens is 3. The molecule has 2 aromatic rings. The second-order valence-corrected chi connectivity index (χ2v) is 6.62. The Bertz CT molecular complexity index is 717. The van der Waals surface area contributed by atoms with Gasteiger partial charge in [0, 0.05) is 31.2 Å². The Kier molecular flexibility index (Phi) is 4.78. The molecule has 1 aliphatic rings. The van der Waals surface area contributed by atoms with Crippen LogP contribution in [0.2, 0.25) is 0 Å². The fraction of sp³-hybridized carbons (Fsp3) is 0.500. The molecule has 2 heterocycles. The van der Waals surface area contributed by atoms with E-state index in [9.17, 15) is 18.3 Å². The van der Waals surface area contributed by atoms with Crippen molar-refractivity contribution in [2.75, 3.05) is 26.2 Å². The molecule has 2 atom stereocenters. The lowest BCUT2D eigenvalue weighted by molar-refractivity contribution is -0.136. The zero-order valence-electron chi connectivity index (χ0n) is 13.6. The molecular formula is C18H21F3N2O. The van der Waals surface area contributed by atoms with Crippen LogP contribution in [-0.4, -0.2) is 41.2 Å². The first kappa shape index (κ1) is 17.2. The Morgan fingerprint density at radius 3 is 2.75 bits per heavy atom. The molecule has 1 aliphatic heterocycles. The van der Waals surface area contributed by atoms with E-state index in [0.29, 0.717) is 17.8 Å². The van der Waals surface area contributed by atoms with E-state index in [-0.39, 0.29) is 18.0 Å². The summed E-state index contributed by atoms with van der Waals surface area (Å²) in [5.74, 6) is 0.582. The van der Waals surface area contributed by atoms with Crippen LogP contribution in [0.1, 0.15) is 30.4 Å². The number of aliphatic hydroxyl groups is 1. The first-order valence-electron chi connectivity index (χ1n) is 8.18. The van der Waals surface area contributed by atoms with Crippen LogP contribution >= 0.6 is 0 Å². The molecule has 24 heavy (non-hydrogen) atoms. The number of nitrogens with zero attached hydrogens (tertiary/aromatic N) is 2. The number of benzene rings is 1. The number of β-amino-alcohol motifs (C(OH)–C–C–N with tert-alkyl or cyclic N) is 1. The van der Waals surface area contributed by atoms with E-state index < -0.39 is 11.7 Å². The number of rotatable bonds is 3. The molecule has 1 saturated heterocycles. The number of fused-ring (bicyclic) bond motifs is 1. The molecule has 0 amide bonds. The third kappa shape index (κ3) is 3.39. The Balaban J connectivity index is 2.04. The molecule has 1 N–H and O–H groups in total. The van der Waals surface area contributed by atoms with E-state index in [1.165, 1.54) is 6.20 Å². The second-order valence-electron chi connectivity index (χ2n) is 6.62. The van der Waals surface area contributed by atoms with Crippen LogP contribution in [0.4, 0.5) is 13.2 Å². The highest BCUT2D eigenvalue weighted by atomic mass is 19.4. The Labute approximate surface area is 139 Å². The monoisotopic (exact) mass is 338 g/mol. The second kappa shape index (κ2) is 6.69. The van der Waals surface area contributed by atoms with Crippen molar-refractivity contribution < 1.29 is 18.3 Å². The zero-order chi connectivity index (χ0) is 17.3. The first-order valence-corrected chi connectivity index (χ1v) is 8.18. The maximum atomic E-state index is 13.2. The summed E-state index contributed by atoms with van der Waals surface area (Å²) in [6.07, 6.45) is -2.08. The maximum Gasteiger partial charge on any atom is 0.418 e. The highest BCUT2D eigenvalue weighted by Crippen LogP contribution is 2.39. The molecule has 1 aromatic carbocycles. The van der Waals surface area contributed by atoms with Crippen LogP contribution in [0.3, 0.4) is 0 Å². The molecule has 1 aromatic heterocycles. The molecular weight excluding hydrogens is 317 g/mol. The van der Waals surface area contributed by atoms with Gasteiger partial charge in [0.2, 0.25) is 0 Å². The summed E-state index contributed by atoms with van der Waals surface area (Å²) < 4.78 is 39.7. The fourth-order valence-electron chi connectivity index (χ4n) is 3.79. The van der Waals surface area contributed by atoms with Crippen LogP contribution in [0.15, 0.2) is 30.5 Å². The van der Waals surface area contributed by atoms with Crippen LogP contribution in [0.5, 0.6) is 0 Å². The number of hydrogen-bond acceptors (Lipinski definition) is 3. The highest BCUT2D eigenvalue weighted by molar-refractivity contribution is 5.86. The van der Waals surface area contributed by atoms with Crippen LogP contribution < -0.4 is 0 Å². The van der Waals surface area contributed by atoms with Crippen LogP contribution in [-0.2, 0) is 6.18 Å². The van der Waals surface area contributed by atoms with Gasteiger partial charge >= 0.3 is 6.18 Å². The van der Waals surface area contributed by atoms with Crippen molar-refractivity contribution in [1.82, 2.24) is 9.88 Å². The van der Waals surface area contributed by atoms with Gasteiger partial charge in [0.05, 0.1) is 17.7 Å². The predicted octanol–water partition coefficient (Wildman–Crippen LogP) is 3.67. The third-order valence-corrected chi connectivity index (χ3v) is 4.70. The maximum absolute atomic E-state index is 13.2. The van der Waals surface area contributed by atoms with Crippen LogP contribution in [0.25, 0.3) is 10.9 Å². The van der Waals surface area contributed by atoms with E-state index in [4.69, 9.17) is 0 Å². The Hall–Kier alpha value is -1.66. The summed E-state index contributed by atoms with van der Waals surface area (Å²) in [6, 6.07) is 6.17. The van der Waals surface area contributed by atoms with Gasteiger partial charge in [0.1, 0.15) is 0 Å². The minimum absolute atomic E-state index is 0.0226. The molecule has 0 spiro atoms. The Morgan fingerprint density at radius 1 is 1.25 bits per heavy atom. The lowest BCUT2D eigenvalue weighted by Gasteiger charge is -2.37. The molecule has 6 heteroatoms. The van der Waals surface area contributed by atoms with E-state index in [1.54, 1.807) is 18.2 Å². The lowest BCUT2D eigenvalue weighted by Crippen LogP contribution is -2.40. The summed E-state index contributed by atoms with van der Waals surface area (Å²) >= 11 is 0. The molecule has 130 valence electrons. The topological polar surface area (TPSA) is 36.4 Å². The molecule has 2 unspecified atom stereocenters. The van der Waals surface area contributed by atoms with Gasteiger partial charge in [-0.25, -0.2) is 0 Å². The number of alkyl halides is 3. The minimum Gasteiger partial charge on any atom is -0.395 e. The van der Waals surface area contributed by atoms with Crippen LogP contribution in [0, 0.1) is 5.92 Å². The average molecular weight is 338 g/mol. The highest BCUT2D eigenvalue weighted by Gasteiger charge is 2.35. The molecule has 1 fully saturated rings. The zero-order valence-corrected chi connectivity index (χ0v) is 13.6. The molecule has 3 nitrogen and oxygen atoms in total. The van der Waals surface area contributed by atoms with E-state index in [2.05, 4.69) is 16.8 Å². The minimum atomic E-state index is -4.41. The van der Waals surface area contributed by atoms with Crippen molar-refractivity contribution in [3.05, 3.63) is 41.6 Å². The summed E-state index contributed by atoms with van der Waals surface area (Å²) in [5.41, 5.74) is 0.257. The number of likely N-dealkylation sites (tertiary alicyclic amines) is 1. The summed E-state index contributed by atoms with van der Waals surface area (Å²) in [4.78, 5) is 6.18. The van der Waals surface area contributed by atoms with Crippen molar-refractivity contribution >= 4 is 10.9 Å². The van der Waals surface area contributed by atoms with Gasteiger partial charge in [-0.3, -0.25) is 4.98 Å². The largest absolute Gasteiger partial charge is 0.418 e. The van der Waals surface area contributed by atoms with Crippen molar-refractivity contribution in [2.24, 2.45) is 5.92 Å². The van der Waals surface area contributed by atoms with E-state index in [0.717, 1.165) is 31.1 Å². The molecule has 0 saturated carbocycles. The molecule has 0 radical (unpaired) electrons. The SMILES string of the molecule is CC1CC(c2ccc(C(F)(F)F)c3ncccc23)CN(CCO)C1. The third-order valence-electron chi connectivity index (χ3n) is 4.70. The number of piperidine rings is 1. The van der Waals surface area contributed by atoms with Gasteiger partial charge in [-0.15, -0.1) is 0 Å². The van der Waals surface area contributed by atoms with Gasteiger partial charge < -0.3 is 10.0 Å². The first-order chi connectivity index (χ1) is 11.4. The van der Waals surface area contributed by atoms with Gasteiger partial charge in [-0.1, -0.05) is 19.1 Å². The van der Waals surface area contributed by atoms with Gasteiger partial charge in [-0.05, 0) is 36.0 Å². The number of hydrogen-bond donors (Lipinski definition) is 1. The molecule has 0 bridgehead atoms. The summed E-state index contributed by atoms with van der Waals surface area (Å²) in [6.45, 7) is 4.49. The number of aromatic nitrogens is 1. The summed E-state index contributed by atoms with van der Waals surface area (Å²) in [7, 11) is 0. The standard InChI is InChI=1S/C18H21F3N2O/c1-12-9-13(11-23(10-12)7-8-24)14-4-5-16(18(19,20)21)17-15(14)3-2-6-22-17/h2-6,12-13,24H,7-11H2,1H3. The van der Waals surface area contributed by atoms with E-state index in [1.807, 2.05) is 0 Å². The van der Waals surface area contributed by atoms with E-state index >= 15 is 0 Å². The van der Waals surface area contributed by atoms with Crippen molar-refractivity contribution in [2.45, 2.75) is 25.4 Å². The predicted molar refractivity (Wildman–Crippen MR) is 86.8 cm³/mol. The summed E-state index contributed by atoms with van der Waals surface area (Å²) in [5, 5.41) is 9.76. The average Bonchev–Trinajstić information content (AvgIpc) is 2.52. The quantitative estimate of drug-likeness (QED) is 0.928. The van der Waals surface area contributed by atoms with Crippen molar-refractivity contribution in [1.29, 1.82) is 0 Å². The number of aliphatic hydroxyl groups excluding tert-OH is 1. The number of pyridine rings is 1. The van der Waals surface area contributed by atoms with Gasteiger partial charge in [-0.2, -0.15) is 13.2 Å². The fourth-order valence-corrected chi connectivity index (χ4v) is 3.79. The smallest absolute Gasteiger partial charge is 0.395 e. The normalized spacial score (nSPS) is 22.9.